The Kier molecular flexibility index (Phi) is 4.41. The van der Waals surface area contributed by atoms with Crippen molar-refractivity contribution >= 4 is 27.4 Å². The lowest BCUT2D eigenvalue weighted by molar-refractivity contribution is -0.385. The topological polar surface area (TPSA) is 107 Å². The van der Waals surface area contributed by atoms with Crippen molar-refractivity contribution in [2.24, 2.45) is 0 Å². The Bertz CT molecular complexity index is 1020. The van der Waals surface area contributed by atoms with E-state index in [0.29, 0.717) is 28.8 Å². The Morgan fingerprint density at radius 2 is 1.96 bits per heavy atom. The Labute approximate surface area is 150 Å². The number of aryl methyl sites for hydroxylation is 1. The summed E-state index contributed by atoms with van der Waals surface area (Å²) >= 11 is 0. The second-order valence-electron chi connectivity index (χ2n) is 5.87. The van der Waals surface area contributed by atoms with Gasteiger partial charge in [0.05, 0.1) is 28.2 Å². The molecule has 1 aliphatic rings. The molecular formula is C17H16N2O6S. The van der Waals surface area contributed by atoms with E-state index in [9.17, 15) is 23.3 Å². The van der Waals surface area contributed by atoms with Crippen LogP contribution in [0.3, 0.4) is 0 Å². The molecule has 0 spiro atoms. The zero-order valence-corrected chi connectivity index (χ0v) is 14.9. The van der Waals surface area contributed by atoms with Crippen molar-refractivity contribution in [3.05, 3.63) is 63.2 Å². The average molecular weight is 376 g/mol. The molecule has 0 atom stereocenters. The van der Waals surface area contributed by atoms with Gasteiger partial charge in [0.15, 0.2) is 0 Å². The second-order valence-corrected chi connectivity index (χ2v) is 7.73. The number of ether oxygens (including phenoxy) is 1. The van der Waals surface area contributed by atoms with E-state index in [0.717, 1.165) is 6.07 Å². The maximum absolute atomic E-state index is 13.0. The Morgan fingerprint density at radius 3 is 2.62 bits per heavy atom. The number of nitro benzene ring substituents is 1. The summed E-state index contributed by atoms with van der Waals surface area (Å²) < 4.78 is 31.8. The summed E-state index contributed by atoms with van der Waals surface area (Å²) in [4.78, 5) is 22.0. The normalized spacial score (nSPS) is 13.4. The highest BCUT2D eigenvalue weighted by atomic mass is 32.2. The highest BCUT2D eigenvalue weighted by Crippen LogP contribution is 2.34. The van der Waals surface area contributed by atoms with Crippen molar-refractivity contribution in [1.82, 2.24) is 0 Å². The monoisotopic (exact) mass is 376 g/mol. The first-order valence-electron chi connectivity index (χ1n) is 7.74. The minimum atomic E-state index is -3.95. The van der Waals surface area contributed by atoms with E-state index in [1.807, 2.05) is 0 Å². The van der Waals surface area contributed by atoms with Gasteiger partial charge in [-0.05, 0) is 43.2 Å². The lowest BCUT2D eigenvalue weighted by Gasteiger charge is -2.19. The standard InChI is InChI=1S/C17H16N2O6S/c1-11-3-5-14(10-16(11)19(21)22)26(23,24)18-8-7-12-9-13(17(20)25-2)4-6-15(12)18/h3-6,9-10H,7-8H2,1-2H3. The van der Waals surface area contributed by atoms with Gasteiger partial charge in [-0.15, -0.1) is 0 Å². The number of nitro groups is 1. The third-order valence-corrected chi connectivity index (χ3v) is 6.13. The average Bonchev–Trinajstić information content (AvgIpc) is 3.04. The van der Waals surface area contributed by atoms with Gasteiger partial charge in [0.2, 0.25) is 0 Å². The quantitative estimate of drug-likeness (QED) is 0.461. The lowest BCUT2D eigenvalue weighted by atomic mass is 10.1. The van der Waals surface area contributed by atoms with Gasteiger partial charge in [-0.25, -0.2) is 13.2 Å². The van der Waals surface area contributed by atoms with Crippen molar-refractivity contribution < 1.29 is 22.9 Å². The van der Waals surface area contributed by atoms with E-state index in [2.05, 4.69) is 4.74 Å². The van der Waals surface area contributed by atoms with Crippen molar-refractivity contribution in [1.29, 1.82) is 0 Å². The smallest absolute Gasteiger partial charge is 0.337 e. The molecule has 0 bridgehead atoms. The summed E-state index contributed by atoms with van der Waals surface area (Å²) in [6, 6.07) is 8.51. The van der Waals surface area contributed by atoms with E-state index in [-0.39, 0.29) is 17.1 Å². The van der Waals surface area contributed by atoms with E-state index in [1.54, 1.807) is 19.1 Å². The van der Waals surface area contributed by atoms with Crippen LogP contribution in [0.1, 0.15) is 21.5 Å². The summed E-state index contributed by atoms with van der Waals surface area (Å²) in [7, 11) is -2.68. The molecule has 3 rings (SSSR count). The maximum Gasteiger partial charge on any atom is 0.337 e. The van der Waals surface area contributed by atoms with Crippen molar-refractivity contribution in [2.75, 3.05) is 18.0 Å². The number of methoxy groups -OCH3 is 1. The van der Waals surface area contributed by atoms with E-state index in [4.69, 9.17) is 0 Å². The molecule has 0 amide bonds. The summed E-state index contributed by atoms with van der Waals surface area (Å²) in [6.45, 7) is 1.75. The fourth-order valence-corrected chi connectivity index (χ4v) is 4.46. The third-order valence-electron chi connectivity index (χ3n) is 4.32. The van der Waals surface area contributed by atoms with E-state index in [1.165, 1.54) is 29.6 Å². The molecular weight excluding hydrogens is 360 g/mol. The molecule has 0 aliphatic carbocycles. The van der Waals surface area contributed by atoms with Crippen LogP contribution < -0.4 is 4.31 Å². The van der Waals surface area contributed by atoms with Crippen LogP contribution in [0.15, 0.2) is 41.3 Å². The van der Waals surface area contributed by atoms with Gasteiger partial charge >= 0.3 is 5.97 Å². The van der Waals surface area contributed by atoms with Gasteiger partial charge < -0.3 is 4.74 Å². The molecule has 2 aromatic carbocycles. The van der Waals surface area contributed by atoms with Crippen LogP contribution in [0, 0.1) is 17.0 Å². The summed E-state index contributed by atoms with van der Waals surface area (Å²) in [5, 5.41) is 11.1. The van der Waals surface area contributed by atoms with Crippen LogP contribution >= 0.6 is 0 Å². The highest BCUT2D eigenvalue weighted by Gasteiger charge is 2.32. The summed E-state index contributed by atoms with van der Waals surface area (Å²) in [5.41, 5.74) is 1.65. The number of carbonyl (C=O) groups excluding carboxylic acids is 1. The van der Waals surface area contributed by atoms with Crippen molar-refractivity contribution in [2.45, 2.75) is 18.2 Å². The fraction of sp³-hybridized carbons (Fsp3) is 0.235. The molecule has 26 heavy (non-hydrogen) atoms. The first-order chi connectivity index (χ1) is 12.3. The number of benzene rings is 2. The summed E-state index contributed by atoms with van der Waals surface area (Å²) in [5.74, 6) is -0.497. The molecule has 9 heteroatoms. The molecule has 0 saturated carbocycles. The minimum Gasteiger partial charge on any atom is -0.465 e. The zero-order chi connectivity index (χ0) is 19.1. The minimum absolute atomic E-state index is 0.139. The first-order valence-corrected chi connectivity index (χ1v) is 9.18. The molecule has 0 unspecified atom stereocenters. The van der Waals surface area contributed by atoms with Gasteiger partial charge in [0.1, 0.15) is 0 Å². The van der Waals surface area contributed by atoms with Crippen molar-refractivity contribution in [3.8, 4) is 0 Å². The number of sulfonamides is 1. The Morgan fingerprint density at radius 1 is 1.23 bits per heavy atom. The highest BCUT2D eigenvalue weighted by molar-refractivity contribution is 7.92. The number of carbonyl (C=O) groups is 1. The number of nitrogens with zero attached hydrogens (tertiary/aromatic N) is 2. The van der Waals surface area contributed by atoms with Crippen LogP contribution in [0.5, 0.6) is 0 Å². The number of esters is 1. The number of anilines is 1. The number of rotatable bonds is 4. The lowest BCUT2D eigenvalue weighted by Crippen LogP contribution is -2.29. The maximum atomic E-state index is 13.0. The van der Waals surface area contributed by atoms with Crippen LogP contribution in [-0.2, 0) is 21.2 Å². The number of hydrogen-bond acceptors (Lipinski definition) is 6. The van der Waals surface area contributed by atoms with Gasteiger partial charge in [0.25, 0.3) is 15.7 Å². The van der Waals surface area contributed by atoms with Crippen LogP contribution in [-0.4, -0.2) is 33.0 Å². The molecule has 0 saturated heterocycles. The molecule has 2 aromatic rings. The molecule has 8 nitrogen and oxygen atoms in total. The SMILES string of the molecule is COC(=O)c1ccc2c(c1)CCN2S(=O)(=O)c1ccc(C)c([N+](=O)[O-])c1. The predicted octanol–water partition coefficient (Wildman–Crippen LogP) is 2.44. The number of hydrogen-bond donors (Lipinski definition) is 0. The van der Waals surface area contributed by atoms with E-state index >= 15 is 0 Å². The van der Waals surface area contributed by atoms with Gasteiger partial charge in [0, 0.05) is 18.2 Å². The van der Waals surface area contributed by atoms with Crippen LogP contribution in [0.4, 0.5) is 11.4 Å². The molecule has 0 fully saturated rings. The Balaban J connectivity index is 2.02. The summed E-state index contributed by atoms with van der Waals surface area (Å²) in [6.07, 6.45) is 0.438. The third kappa shape index (κ3) is 2.90. The van der Waals surface area contributed by atoms with E-state index < -0.39 is 20.9 Å². The van der Waals surface area contributed by atoms with Crippen LogP contribution in [0.2, 0.25) is 0 Å². The molecule has 0 aromatic heterocycles. The number of fused-ring (bicyclic) bond motifs is 1. The molecule has 136 valence electrons. The Hall–Kier alpha value is -2.94. The second kappa shape index (κ2) is 6.41. The largest absolute Gasteiger partial charge is 0.465 e. The fourth-order valence-electron chi connectivity index (χ4n) is 2.94. The molecule has 0 radical (unpaired) electrons. The molecule has 0 N–H and O–H groups in total. The first kappa shape index (κ1) is 17.9. The predicted molar refractivity (Wildman–Crippen MR) is 93.9 cm³/mol. The molecule has 1 aliphatic heterocycles. The zero-order valence-electron chi connectivity index (χ0n) is 14.1. The molecule has 1 heterocycles. The van der Waals surface area contributed by atoms with Gasteiger partial charge in [-0.3, -0.25) is 14.4 Å². The van der Waals surface area contributed by atoms with Crippen LogP contribution in [0.25, 0.3) is 0 Å². The van der Waals surface area contributed by atoms with Gasteiger partial charge in [-0.2, -0.15) is 0 Å². The van der Waals surface area contributed by atoms with Crippen molar-refractivity contribution in [3.63, 3.8) is 0 Å². The van der Waals surface area contributed by atoms with Gasteiger partial charge in [-0.1, -0.05) is 6.07 Å².